The third-order valence-corrected chi connectivity index (χ3v) is 4.72. The number of likely N-dealkylation sites (N-methyl/N-ethyl adjacent to an activating group) is 1. The van der Waals surface area contributed by atoms with Crippen LogP contribution in [-0.2, 0) is 0 Å². The summed E-state index contributed by atoms with van der Waals surface area (Å²) in [6, 6.07) is 10.2. The summed E-state index contributed by atoms with van der Waals surface area (Å²) in [6.07, 6.45) is 2.02. The molecule has 0 atom stereocenters. The SMILES string of the molecule is CN(CCOc1ccc(F)cc1)C(=O)c1ccc(N2CCCC2)c([N+](=O)[O-])c1. The molecule has 2 aromatic rings. The Morgan fingerprint density at radius 3 is 2.54 bits per heavy atom. The number of halogens is 1. The van der Waals surface area contributed by atoms with Crippen molar-refractivity contribution in [3.8, 4) is 5.75 Å². The highest BCUT2D eigenvalue weighted by atomic mass is 19.1. The van der Waals surface area contributed by atoms with Gasteiger partial charge in [-0.25, -0.2) is 4.39 Å². The zero-order chi connectivity index (χ0) is 20.1. The summed E-state index contributed by atoms with van der Waals surface area (Å²) in [5.74, 6) is -0.162. The lowest BCUT2D eigenvalue weighted by Crippen LogP contribution is -2.31. The molecule has 0 aromatic heterocycles. The van der Waals surface area contributed by atoms with E-state index in [-0.39, 0.29) is 36.1 Å². The number of nitro benzene ring substituents is 1. The van der Waals surface area contributed by atoms with Gasteiger partial charge in [0.05, 0.1) is 11.5 Å². The number of nitrogens with zero attached hydrogens (tertiary/aromatic N) is 3. The Hall–Kier alpha value is -3.16. The number of benzene rings is 2. The van der Waals surface area contributed by atoms with Crippen molar-refractivity contribution < 1.29 is 18.8 Å². The lowest BCUT2D eigenvalue weighted by molar-refractivity contribution is -0.384. The molecule has 1 aliphatic heterocycles. The van der Waals surface area contributed by atoms with E-state index < -0.39 is 4.92 Å². The molecule has 1 amide bonds. The Kier molecular flexibility index (Phi) is 6.08. The maximum Gasteiger partial charge on any atom is 0.293 e. The molecule has 0 saturated carbocycles. The molecule has 0 unspecified atom stereocenters. The quantitative estimate of drug-likeness (QED) is 0.537. The van der Waals surface area contributed by atoms with Crippen molar-refractivity contribution in [1.29, 1.82) is 0 Å². The van der Waals surface area contributed by atoms with Crippen molar-refractivity contribution in [1.82, 2.24) is 4.90 Å². The van der Waals surface area contributed by atoms with Crippen LogP contribution in [0.2, 0.25) is 0 Å². The fourth-order valence-corrected chi connectivity index (χ4v) is 3.18. The molecular formula is C20H22FN3O4. The molecule has 7 nitrogen and oxygen atoms in total. The van der Waals surface area contributed by atoms with Crippen molar-refractivity contribution in [2.45, 2.75) is 12.8 Å². The number of carbonyl (C=O) groups excluding carboxylic acids is 1. The second-order valence-corrected chi connectivity index (χ2v) is 6.68. The minimum Gasteiger partial charge on any atom is -0.492 e. The summed E-state index contributed by atoms with van der Waals surface area (Å²) in [6.45, 7) is 2.09. The second-order valence-electron chi connectivity index (χ2n) is 6.68. The van der Waals surface area contributed by atoms with E-state index in [4.69, 9.17) is 4.74 Å². The van der Waals surface area contributed by atoms with E-state index in [1.165, 1.54) is 35.2 Å². The number of hydrogen-bond acceptors (Lipinski definition) is 5. The molecule has 1 saturated heterocycles. The van der Waals surface area contributed by atoms with E-state index in [1.54, 1.807) is 19.2 Å². The number of rotatable bonds is 7. The number of ether oxygens (including phenoxy) is 1. The predicted octanol–water partition coefficient (Wildman–Crippen LogP) is 3.49. The maximum absolute atomic E-state index is 12.9. The molecule has 1 heterocycles. The average molecular weight is 387 g/mol. The number of carbonyl (C=O) groups is 1. The van der Waals surface area contributed by atoms with E-state index in [2.05, 4.69) is 0 Å². The van der Waals surface area contributed by atoms with E-state index in [9.17, 15) is 19.3 Å². The Bertz CT molecular complexity index is 851. The standard InChI is InChI=1S/C20H22FN3O4/c1-22(12-13-28-17-7-5-16(21)6-8-17)20(25)15-4-9-18(19(14-15)24(26)27)23-10-2-3-11-23/h4-9,14H,2-3,10-13H2,1H3. The molecule has 28 heavy (non-hydrogen) atoms. The van der Waals surface area contributed by atoms with E-state index in [1.807, 2.05) is 4.90 Å². The van der Waals surface area contributed by atoms with Crippen molar-refractivity contribution in [3.05, 3.63) is 64.0 Å². The van der Waals surface area contributed by atoms with Crippen LogP contribution in [0.4, 0.5) is 15.8 Å². The highest BCUT2D eigenvalue weighted by Gasteiger charge is 2.24. The smallest absolute Gasteiger partial charge is 0.293 e. The number of nitro groups is 1. The predicted molar refractivity (Wildman–Crippen MR) is 103 cm³/mol. The number of anilines is 1. The highest BCUT2D eigenvalue weighted by Crippen LogP contribution is 2.31. The molecule has 3 rings (SSSR count). The fourth-order valence-electron chi connectivity index (χ4n) is 3.18. The topological polar surface area (TPSA) is 75.9 Å². The van der Waals surface area contributed by atoms with Crippen LogP contribution in [0.25, 0.3) is 0 Å². The van der Waals surface area contributed by atoms with E-state index >= 15 is 0 Å². The van der Waals surface area contributed by atoms with Gasteiger partial charge in [-0.15, -0.1) is 0 Å². The van der Waals surface area contributed by atoms with Gasteiger partial charge in [0.15, 0.2) is 0 Å². The summed E-state index contributed by atoms with van der Waals surface area (Å²) < 4.78 is 18.4. The Morgan fingerprint density at radius 1 is 1.21 bits per heavy atom. The normalized spacial score (nSPS) is 13.4. The van der Waals surface area contributed by atoms with Gasteiger partial charge in [-0.3, -0.25) is 14.9 Å². The van der Waals surface area contributed by atoms with E-state index in [0.717, 1.165) is 25.9 Å². The minimum atomic E-state index is -0.442. The Labute approximate surface area is 162 Å². The number of amides is 1. The molecular weight excluding hydrogens is 365 g/mol. The van der Waals surface area contributed by atoms with Crippen molar-refractivity contribution >= 4 is 17.3 Å². The summed E-state index contributed by atoms with van der Waals surface area (Å²) in [7, 11) is 1.61. The lowest BCUT2D eigenvalue weighted by atomic mass is 10.1. The average Bonchev–Trinajstić information content (AvgIpc) is 3.23. The van der Waals surface area contributed by atoms with Crippen LogP contribution in [0.15, 0.2) is 42.5 Å². The Balaban J connectivity index is 1.64. The van der Waals surface area contributed by atoms with Crippen molar-refractivity contribution in [3.63, 3.8) is 0 Å². The Morgan fingerprint density at radius 2 is 1.89 bits per heavy atom. The molecule has 0 N–H and O–H groups in total. The van der Waals surface area contributed by atoms with Crippen LogP contribution in [0.1, 0.15) is 23.2 Å². The summed E-state index contributed by atoms with van der Waals surface area (Å²) in [4.78, 5) is 27.1. The first-order chi connectivity index (χ1) is 13.5. The van der Waals surface area contributed by atoms with Crippen molar-refractivity contribution in [2.24, 2.45) is 0 Å². The van der Waals surface area contributed by atoms with Gasteiger partial charge >= 0.3 is 0 Å². The minimum absolute atomic E-state index is 0.0521. The molecule has 0 bridgehead atoms. The zero-order valence-electron chi connectivity index (χ0n) is 15.6. The molecule has 0 aliphatic carbocycles. The van der Waals surface area contributed by atoms with Gasteiger partial charge in [-0.05, 0) is 49.2 Å². The van der Waals surface area contributed by atoms with Gasteiger partial charge in [0, 0.05) is 31.8 Å². The van der Waals surface area contributed by atoms with Crippen LogP contribution in [0.3, 0.4) is 0 Å². The van der Waals surface area contributed by atoms with Crippen LogP contribution in [0, 0.1) is 15.9 Å². The zero-order valence-corrected chi connectivity index (χ0v) is 15.6. The summed E-state index contributed by atoms with van der Waals surface area (Å²) >= 11 is 0. The molecule has 8 heteroatoms. The third-order valence-electron chi connectivity index (χ3n) is 4.72. The molecule has 0 spiro atoms. The van der Waals surface area contributed by atoms with Crippen LogP contribution in [0.5, 0.6) is 5.75 Å². The first-order valence-electron chi connectivity index (χ1n) is 9.13. The van der Waals surface area contributed by atoms with Crippen LogP contribution >= 0.6 is 0 Å². The van der Waals surface area contributed by atoms with Crippen molar-refractivity contribution in [2.75, 3.05) is 38.2 Å². The largest absolute Gasteiger partial charge is 0.492 e. The monoisotopic (exact) mass is 387 g/mol. The first-order valence-corrected chi connectivity index (χ1v) is 9.13. The second kappa shape index (κ2) is 8.69. The lowest BCUT2D eigenvalue weighted by Gasteiger charge is -2.20. The molecule has 0 radical (unpaired) electrons. The molecule has 148 valence electrons. The molecule has 1 aliphatic rings. The third kappa shape index (κ3) is 4.57. The highest BCUT2D eigenvalue weighted by molar-refractivity contribution is 5.95. The maximum atomic E-state index is 12.9. The number of hydrogen-bond donors (Lipinski definition) is 0. The molecule has 1 fully saturated rings. The van der Waals surface area contributed by atoms with Gasteiger partial charge in [-0.1, -0.05) is 0 Å². The van der Waals surface area contributed by atoms with Gasteiger partial charge < -0.3 is 14.5 Å². The summed E-state index contributed by atoms with van der Waals surface area (Å²) in [5, 5.41) is 11.5. The molecule has 2 aromatic carbocycles. The summed E-state index contributed by atoms with van der Waals surface area (Å²) in [5.41, 5.74) is 0.768. The van der Waals surface area contributed by atoms with Crippen LogP contribution in [-0.4, -0.2) is 49.0 Å². The van der Waals surface area contributed by atoms with Crippen LogP contribution < -0.4 is 9.64 Å². The first kappa shape index (κ1) is 19.6. The fraction of sp³-hybridized carbons (Fsp3) is 0.350. The van der Waals surface area contributed by atoms with Gasteiger partial charge in [0.2, 0.25) is 0 Å². The van der Waals surface area contributed by atoms with Gasteiger partial charge in [0.25, 0.3) is 11.6 Å². The van der Waals surface area contributed by atoms with Gasteiger partial charge in [-0.2, -0.15) is 0 Å². The van der Waals surface area contributed by atoms with Gasteiger partial charge in [0.1, 0.15) is 23.9 Å². The van der Waals surface area contributed by atoms with E-state index in [0.29, 0.717) is 11.4 Å².